The highest BCUT2D eigenvalue weighted by atomic mass is 16.6. The number of anilines is 2. The number of amides is 1. The quantitative estimate of drug-likeness (QED) is 0.0516. The van der Waals surface area contributed by atoms with E-state index >= 15 is 0 Å². The van der Waals surface area contributed by atoms with Crippen LogP contribution in [-0.4, -0.2) is 96.3 Å². The van der Waals surface area contributed by atoms with E-state index in [4.69, 9.17) is 14.6 Å². The zero-order valence-electron chi connectivity index (χ0n) is 24.6. The Morgan fingerprint density at radius 2 is 1.49 bits per heavy atom. The first kappa shape index (κ1) is 32.5. The lowest BCUT2D eigenvalue weighted by Crippen LogP contribution is -2.32. The van der Waals surface area contributed by atoms with Crippen LogP contribution >= 0.6 is 0 Å². The molecule has 1 aliphatic rings. The number of carbonyl (C=O) groups is 3. The summed E-state index contributed by atoms with van der Waals surface area (Å²) in [5.74, 6) is -2.00. The molecular weight excluding hydrogens is 590 g/mol. The molecule has 0 heterocycles. The number of aromatic hydroxyl groups is 2. The lowest BCUT2D eigenvalue weighted by atomic mass is 9.81. The SMILES string of the molecule is COc1cc([N+](=O)[O-])ccc1COC(=O)N(C)CCNc1ccc(NCCNCCO)c2c1C(=O)c1c(O)ccc(O)c1C2=O. The monoisotopic (exact) mass is 623 g/mol. The molecule has 0 bridgehead atoms. The number of aliphatic hydroxyl groups is 1. The number of phenolic OH excluding ortho intramolecular Hbond substituents is 2. The number of methoxy groups -OCH3 is 1. The first-order valence-electron chi connectivity index (χ1n) is 13.9. The van der Waals surface area contributed by atoms with Crippen LogP contribution in [0.5, 0.6) is 17.2 Å². The number of phenols is 2. The number of likely N-dealkylation sites (N-methyl/N-ethyl adjacent to an activating group) is 1. The van der Waals surface area contributed by atoms with Crippen molar-refractivity contribution in [2.24, 2.45) is 0 Å². The van der Waals surface area contributed by atoms with Gasteiger partial charge in [-0.15, -0.1) is 0 Å². The molecule has 0 radical (unpaired) electrons. The zero-order chi connectivity index (χ0) is 32.7. The fourth-order valence-electron chi connectivity index (χ4n) is 4.81. The molecule has 15 heteroatoms. The number of carbonyl (C=O) groups excluding carboxylic acids is 3. The standard InChI is InChI=1S/C30H33N5O10/c1-34(30(41)45-16-17-3-4-18(35(42)43)15-23(17)44-2)13-11-33-20-6-5-19(32-10-9-31-12-14-36)24-25(20)29(40)27-22(38)8-7-21(37)26(27)28(24)39/h3-8,15,31-33,36-38H,9-14,16H2,1-2H3. The van der Waals surface area contributed by atoms with E-state index in [0.29, 0.717) is 30.9 Å². The number of aliphatic hydroxyl groups excluding tert-OH is 1. The molecule has 0 saturated carbocycles. The van der Waals surface area contributed by atoms with E-state index in [1.807, 2.05) is 0 Å². The van der Waals surface area contributed by atoms with Crippen molar-refractivity contribution < 1.29 is 44.1 Å². The minimum absolute atomic E-state index is 0.00258. The number of ether oxygens (including phenoxy) is 2. The summed E-state index contributed by atoms with van der Waals surface area (Å²) in [6, 6.07) is 9.44. The van der Waals surface area contributed by atoms with Crippen molar-refractivity contribution in [3.8, 4) is 17.2 Å². The van der Waals surface area contributed by atoms with Crippen LogP contribution in [0.15, 0.2) is 42.5 Å². The van der Waals surface area contributed by atoms with Gasteiger partial charge in [0.2, 0.25) is 11.6 Å². The van der Waals surface area contributed by atoms with Gasteiger partial charge in [0.05, 0.1) is 47.0 Å². The Bertz CT molecular complexity index is 1630. The number of hydrogen-bond donors (Lipinski definition) is 6. The van der Waals surface area contributed by atoms with Crippen molar-refractivity contribution in [3.05, 3.63) is 80.4 Å². The van der Waals surface area contributed by atoms with Gasteiger partial charge in [0.15, 0.2) is 0 Å². The van der Waals surface area contributed by atoms with Gasteiger partial charge in [-0.2, -0.15) is 0 Å². The molecule has 0 atom stereocenters. The van der Waals surface area contributed by atoms with Gasteiger partial charge in [0.1, 0.15) is 23.9 Å². The Morgan fingerprint density at radius 1 is 0.889 bits per heavy atom. The number of nitrogens with zero attached hydrogens (tertiary/aromatic N) is 2. The Kier molecular flexibility index (Phi) is 10.4. The van der Waals surface area contributed by atoms with Crippen LogP contribution in [0, 0.1) is 10.1 Å². The van der Waals surface area contributed by atoms with Crippen molar-refractivity contribution in [2.45, 2.75) is 6.61 Å². The number of non-ortho nitro benzene ring substituents is 1. The van der Waals surface area contributed by atoms with Crippen LogP contribution < -0.4 is 20.7 Å². The second kappa shape index (κ2) is 14.4. The van der Waals surface area contributed by atoms with Crippen LogP contribution in [0.2, 0.25) is 0 Å². The zero-order valence-corrected chi connectivity index (χ0v) is 24.6. The number of rotatable bonds is 14. The lowest BCUT2D eigenvalue weighted by Gasteiger charge is -2.25. The second-order valence-electron chi connectivity index (χ2n) is 9.98. The summed E-state index contributed by atoms with van der Waals surface area (Å²) in [5.41, 5.74) is 0.307. The van der Waals surface area contributed by atoms with Crippen LogP contribution in [0.4, 0.5) is 21.9 Å². The van der Waals surface area contributed by atoms with Crippen molar-refractivity contribution >= 4 is 34.7 Å². The van der Waals surface area contributed by atoms with Crippen LogP contribution in [0.3, 0.4) is 0 Å². The topological polar surface area (TPSA) is 213 Å². The van der Waals surface area contributed by atoms with Gasteiger partial charge < -0.3 is 45.6 Å². The van der Waals surface area contributed by atoms with E-state index in [1.54, 1.807) is 12.1 Å². The molecule has 15 nitrogen and oxygen atoms in total. The Morgan fingerprint density at radius 3 is 2.04 bits per heavy atom. The van der Waals surface area contributed by atoms with Crippen molar-refractivity contribution in [3.63, 3.8) is 0 Å². The molecule has 0 aromatic heterocycles. The number of fused-ring (bicyclic) bond motifs is 2. The summed E-state index contributed by atoms with van der Waals surface area (Å²) in [7, 11) is 2.84. The highest BCUT2D eigenvalue weighted by Gasteiger charge is 2.38. The van der Waals surface area contributed by atoms with E-state index in [-0.39, 0.29) is 65.7 Å². The maximum Gasteiger partial charge on any atom is 0.409 e. The predicted octanol–water partition coefficient (Wildman–Crippen LogP) is 2.46. The van der Waals surface area contributed by atoms with Gasteiger partial charge in [-0.05, 0) is 30.3 Å². The first-order valence-corrected chi connectivity index (χ1v) is 13.9. The Balaban J connectivity index is 1.48. The summed E-state index contributed by atoms with van der Waals surface area (Å²) in [6.07, 6.45) is -0.686. The molecule has 238 valence electrons. The van der Waals surface area contributed by atoms with E-state index in [9.17, 15) is 34.7 Å². The van der Waals surface area contributed by atoms with Crippen molar-refractivity contribution in [1.82, 2.24) is 10.2 Å². The molecule has 0 saturated heterocycles. The van der Waals surface area contributed by atoms with Crippen molar-refractivity contribution in [1.29, 1.82) is 0 Å². The third-order valence-corrected chi connectivity index (χ3v) is 7.09. The normalized spacial score (nSPS) is 11.8. The molecule has 0 spiro atoms. The largest absolute Gasteiger partial charge is 0.507 e. The van der Waals surface area contributed by atoms with E-state index in [0.717, 1.165) is 12.1 Å². The van der Waals surface area contributed by atoms with Gasteiger partial charge in [0, 0.05) is 62.8 Å². The summed E-state index contributed by atoms with van der Waals surface area (Å²) in [4.78, 5) is 51.7. The molecule has 0 unspecified atom stereocenters. The van der Waals surface area contributed by atoms with Crippen molar-refractivity contribution in [2.75, 3.05) is 64.1 Å². The molecule has 1 aliphatic carbocycles. The lowest BCUT2D eigenvalue weighted by molar-refractivity contribution is -0.384. The molecule has 4 rings (SSSR count). The summed E-state index contributed by atoms with van der Waals surface area (Å²) in [5, 5.41) is 50.0. The minimum atomic E-state index is -0.686. The third kappa shape index (κ3) is 7.05. The Labute approximate surface area is 257 Å². The van der Waals surface area contributed by atoms with Gasteiger partial charge >= 0.3 is 6.09 Å². The van der Waals surface area contributed by atoms with E-state index in [2.05, 4.69) is 16.0 Å². The number of hydrogen-bond acceptors (Lipinski definition) is 13. The van der Waals surface area contributed by atoms with Gasteiger partial charge in [-0.3, -0.25) is 19.7 Å². The molecule has 0 fully saturated rings. The second-order valence-corrected chi connectivity index (χ2v) is 9.98. The average Bonchev–Trinajstić information content (AvgIpc) is 3.03. The highest BCUT2D eigenvalue weighted by Crippen LogP contribution is 2.42. The summed E-state index contributed by atoms with van der Waals surface area (Å²) < 4.78 is 10.5. The fourth-order valence-corrected chi connectivity index (χ4v) is 4.81. The molecular formula is C30H33N5O10. The van der Waals surface area contributed by atoms with Crippen LogP contribution in [0.25, 0.3) is 0 Å². The van der Waals surface area contributed by atoms with E-state index < -0.39 is 34.1 Å². The number of benzene rings is 3. The third-order valence-electron chi connectivity index (χ3n) is 7.09. The maximum absolute atomic E-state index is 13.7. The van der Waals surface area contributed by atoms with Crippen LogP contribution in [0.1, 0.15) is 37.4 Å². The number of nitro groups is 1. The number of nitro benzene ring substituents is 1. The van der Waals surface area contributed by atoms with Gasteiger partial charge in [-0.25, -0.2) is 4.79 Å². The fraction of sp³-hybridized carbons (Fsp3) is 0.300. The molecule has 3 aromatic carbocycles. The molecule has 0 aliphatic heterocycles. The molecule has 45 heavy (non-hydrogen) atoms. The van der Waals surface area contributed by atoms with Gasteiger partial charge in [-0.1, -0.05) is 0 Å². The Hall–Kier alpha value is -5.41. The highest BCUT2D eigenvalue weighted by molar-refractivity contribution is 6.33. The van der Waals surface area contributed by atoms with E-state index in [1.165, 1.54) is 37.3 Å². The molecule has 1 amide bonds. The van der Waals surface area contributed by atoms with Crippen LogP contribution in [-0.2, 0) is 11.3 Å². The summed E-state index contributed by atoms with van der Waals surface area (Å²) in [6.45, 7) is 1.22. The number of nitrogens with one attached hydrogen (secondary N) is 3. The molecule has 6 N–H and O–H groups in total. The number of ketones is 2. The van der Waals surface area contributed by atoms with Gasteiger partial charge in [0.25, 0.3) is 5.69 Å². The minimum Gasteiger partial charge on any atom is -0.507 e. The average molecular weight is 624 g/mol. The first-order chi connectivity index (χ1) is 21.6. The summed E-state index contributed by atoms with van der Waals surface area (Å²) >= 11 is 0. The molecule has 3 aromatic rings. The predicted molar refractivity (Wildman–Crippen MR) is 162 cm³/mol. The smallest absolute Gasteiger partial charge is 0.409 e. The maximum atomic E-state index is 13.7.